The van der Waals surface area contributed by atoms with Crippen molar-refractivity contribution in [2.24, 2.45) is 5.41 Å². The lowest BCUT2D eigenvalue weighted by Crippen LogP contribution is -2.46. The Kier molecular flexibility index (Phi) is 4.61. The zero-order valence-electron chi connectivity index (χ0n) is 12.7. The van der Waals surface area contributed by atoms with Gasteiger partial charge >= 0.3 is 0 Å². The van der Waals surface area contributed by atoms with Crippen LogP contribution in [0.4, 0.5) is 5.69 Å². The summed E-state index contributed by atoms with van der Waals surface area (Å²) in [7, 11) is 0. The average Bonchev–Trinajstić information content (AvgIpc) is 2.11. The predicted molar refractivity (Wildman–Crippen MR) is 80.9 cm³/mol. The van der Waals surface area contributed by atoms with Crippen LogP contribution < -0.4 is 11.1 Å². The number of anilines is 1. The first-order valence-electron chi connectivity index (χ1n) is 6.73. The SMILES string of the molecule is CC(C)(C)CC(C)(C)NC(=O)Cc1cccc(N)c1. The smallest absolute Gasteiger partial charge is 0.224 e. The van der Waals surface area contributed by atoms with Crippen molar-refractivity contribution in [3.8, 4) is 0 Å². The van der Waals surface area contributed by atoms with Crippen molar-refractivity contribution in [1.82, 2.24) is 5.32 Å². The topological polar surface area (TPSA) is 55.1 Å². The molecule has 106 valence electrons. The van der Waals surface area contributed by atoms with Crippen molar-refractivity contribution in [1.29, 1.82) is 0 Å². The van der Waals surface area contributed by atoms with E-state index < -0.39 is 0 Å². The zero-order valence-corrected chi connectivity index (χ0v) is 12.7. The molecule has 1 amide bonds. The minimum absolute atomic E-state index is 0.0415. The Morgan fingerprint density at radius 1 is 1.21 bits per heavy atom. The van der Waals surface area contributed by atoms with Gasteiger partial charge in [0.05, 0.1) is 6.42 Å². The van der Waals surface area contributed by atoms with Gasteiger partial charge in [0.25, 0.3) is 0 Å². The Morgan fingerprint density at radius 3 is 2.37 bits per heavy atom. The standard InChI is InChI=1S/C16H26N2O/c1-15(2,3)11-16(4,5)18-14(19)10-12-7-6-8-13(17)9-12/h6-9H,10-11,17H2,1-5H3,(H,18,19). The molecule has 0 atom stereocenters. The molecule has 0 bridgehead atoms. The molecule has 0 spiro atoms. The lowest BCUT2D eigenvalue weighted by Gasteiger charge is -2.33. The molecule has 0 saturated heterocycles. The van der Waals surface area contributed by atoms with E-state index in [9.17, 15) is 4.79 Å². The first-order chi connectivity index (χ1) is 8.57. The van der Waals surface area contributed by atoms with Crippen molar-refractivity contribution >= 4 is 11.6 Å². The molecule has 0 saturated carbocycles. The second-order valence-corrected chi connectivity index (χ2v) is 7.09. The summed E-state index contributed by atoms with van der Waals surface area (Å²) in [5.41, 5.74) is 7.34. The number of benzene rings is 1. The summed E-state index contributed by atoms with van der Waals surface area (Å²) in [4.78, 5) is 12.1. The summed E-state index contributed by atoms with van der Waals surface area (Å²) in [6.07, 6.45) is 1.31. The molecule has 0 unspecified atom stereocenters. The quantitative estimate of drug-likeness (QED) is 0.819. The van der Waals surface area contributed by atoms with E-state index in [1.54, 1.807) is 0 Å². The Bertz CT molecular complexity index is 444. The number of nitrogen functional groups attached to an aromatic ring is 1. The Balaban J connectivity index is 2.60. The normalized spacial score (nSPS) is 12.3. The summed E-state index contributed by atoms with van der Waals surface area (Å²) in [6, 6.07) is 7.46. The van der Waals surface area contributed by atoms with Crippen LogP contribution in [0.15, 0.2) is 24.3 Å². The fourth-order valence-electron chi connectivity index (χ4n) is 2.68. The third-order valence-corrected chi connectivity index (χ3v) is 2.77. The highest BCUT2D eigenvalue weighted by Crippen LogP contribution is 2.26. The van der Waals surface area contributed by atoms with Crippen molar-refractivity contribution < 1.29 is 4.79 Å². The molecule has 1 aromatic rings. The maximum atomic E-state index is 12.1. The number of rotatable bonds is 4. The molecule has 1 rings (SSSR count). The van der Waals surface area contributed by atoms with Gasteiger partial charge in [-0.05, 0) is 43.4 Å². The summed E-state index contributed by atoms with van der Waals surface area (Å²) >= 11 is 0. The van der Waals surface area contributed by atoms with Crippen LogP contribution in [0.3, 0.4) is 0 Å². The molecular formula is C16H26N2O. The maximum absolute atomic E-state index is 12.1. The lowest BCUT2D eigenvalue weighted by atomic mass is 9.81. The number of nitrogens with one attached hydrogen (secondary N) is 1. The van der Waals surface area contributed by atoms with Crippen LogP contribution in [0.1, 0.15) is 46.6 Å². The molecular weight excluding hydrogens is 236 g/mol. The molecule has 0 aromatic heterocycles. The van der Waals surface area contributed by atoms with Crippen LogP contribution in [-0.2, 0) is 11.2 Å². The summed E-state index contributed by atoms with van der Waals surface area (Å²) in [5.74, 6) is 0.0415. The van der Waals surface area contributed by atoms with Gasteiger partial charge in [-0.15, -0.1) is 0 Å². The second-order valence-electron chi connectivity index (χ2n) is 7.09. The van der Waals surface area contributed by atoms with Gasteiger partial charge in [0.15, 0.2) is 0 Å². The van der Waals surface area contributed by atoms with Crippen LogP contribution in [0, 0.1) is 5.41 Å². The first kappa shape index (κ1) is 15.5. The third-order valence-electron chi connectivity index (χ3n) is 2.77. The second kappa shape index (κ2) is 5.64. The fraction of sp³-hybridized carbons (Fsp3) is 0.562. The summed E-state index contributed by atoms with van der Waals surface area (Å²) < 4.78 is 0. The number of amides is 1. The van der Waals surface area contributed by atoms with Crippen molar-refractivity contribution in [2.45, 2.75) is 53.0 Å². The number of hydrogen-bond acceptors (Lipinski definition) is 2. The first-order valence-corrected chi connectivity index (χ1v) is 6.73. The average molecular weight is 262 g/mol. The lowest BCUT2D eigenvalue weighted by molar-refractivity contribution is -0.122. The molecule has 0 aliphatic carbocycles. The highest BCUT2D eigenvalue weighted by atomic mass is 16.1. The van der Waals surface area contributed by atoms with Crippen LogP contribution in [0.2, 0.25) is 0 Å². The van der Waals surface area contributed by atoms with E-state index in [2.05, 4.69) is 39.9 Å². The molecule has 0 aliphatic rings. The third kappa shape index (κ3) is 6.27. The zero-order chi connectivity index (χ0) is 14.7. The minimum Gasteiger partial charge on any atom is -0.399 e. The van der Waals surface area contributed by atoms with Crippen LogP contribution in [0.5, 0.6) is 0 Å². The van der Waals surface area contributed by atoms with Crippen LogP contribution >= 0.6 is 0 Å². The van der Waals surface area contributed by atoms with Gasteiger partial charge in [-0.3, -0.25) is 4.79 Å². The molecule has 1 aromatic carbocycles. The molecule has 3 N–H and O–H groups in total. The van der Waals surface area contributed by atoms with Gasteiger partial charge in [0, 0.05) is 11.2 Å². The largest absolute Gasteiger partial charge is 0.399 e. The van der Waals surface area contributed by atoms with Gasteiger partial charge in [0.1, 0.15) is 0 Å². The number of hydrogen-bond donors (Lipinski definition) is 2. The highest BCUT2D eigenvalue weighted by molar-refractivity contribution is 5.79. The van der Waals surface area contributed by atoms with Crippen LogP contribution in [0.25, 0.3) is 0 Å². The number of carbonyl (C=O) groups is 1. The van der Waals surface area contributed by atoms with Gasteiger partial charge < -0.3 is 11.1 Å². The van der Waals surface area contributed by atoms with E-state index in [4.69, 9.17) is 5.73 Å². The van der Waals surface area contributed by atoms with Crippen molar-refractivity contribution in [3.05, 3.63) is 29.8 Å². The van der Waals surface area contributed by atoms with Gasteiger partial charge in [-0.1, -0.05) is 32.9 Å². The Morgan fingerprint density at radius 2 is 1.84 bits per heavy atom. The predicted octanol–water partition coefficient (Wildman–Crippen LogP) is 3.14. The van der Waals surface area contributed by atoms with E-state index in [1.807, 2.05) is 24.3 Å². The molecule has 0 aliphatic heterocycles. The Labute approximate surface area is 116 Å². The van der Waals surface area contributed by atoms with Gasteiger partial charge in [-0.25, -0.2) is 0 Å². The maximum Gasteiger partial charge on any atom is 0.224 e. The van der Waals surface area contributed by atoms with Crippen molar-refractivity contribution in [3.63, 3.8) is 0 Å². The number of carbonyl (C=O) groups excluding carboxylic acids is 1. The van der Waals surface area contributed by atoms with E-state index >= 15 is 0 Å². The number of nitrogens with two attached hydrogens (primary N) is 1. The molecule has 3 nitrogen and oxygen atoms in total. The molecule has 0 fully saturated rings. The summed E-state index contributed by atoms with van der Waals surface area (Å²) in [6.45, 7) is 10.7. The Hall–Kier alpha value is -1.51. The van der Waals surface area contributed by atoms with E-state index in [-0.39, 0.29) is 16.9 Å². The minimum atomic E-state index is -0.199. The van der Waals surface area contributed by atoms with Gasteiger partial charge in [0.2, 0.25) is 5.91 Å². The molecule has 3 heteroatoms. The highest BCUT2D eigenvalue weighted by Gasteiger charge is 2.26. The van der Waals surface area contributed by atoms with Crippen molar-refractivity contribution in [2.75, 3.05) is 5.73 Å². The summed E-state index contributed by atoms with van der Waals surface area (Å²) in [5, 5.41) is 3.10. The van der Waals surface area contributed by atoms with E-state index in [0.29, 0.717) is 12.1 Å². The fourth-order valence-corrected chi connectivity index (χ4v) is 2.68. The van der Waals surface area contributed by atoms with Gasteiger partial charge in [-0.2, -0.15) is 0 Å². The molecule has 0 heterocycles. The van der Waals surface area contributed by atoms with E-state index in [1.165, 1.54) is 0 Å². The van der Waals surface area contributed by atoms with Crippen LogP contribution in [-0.4, -0.2) is 11.4 Å². The molecule has 0 radical (unpaired) electrons. The molecule has 19 heavy (non-hydrogen) atoms. The monoisotopic (exact) mass is 262 g/mol. The van der Waals surface area contributed by atoms with E-state index in [0.717, 1.165) is 12.0 Å².